The summed E-state index contributed by atoms with van der Waals surface area (Å²) in [6.45, 7) is 4.99. The number of hydroxylamine groups is 1. The number of hydrogen-bond acceptors (Lipinski definition) is 6. The second-order valence-electron chi connectivity index (χ2n) is 8.63. The van der Waals surface area contributed by atoms with E-state index < -0.39 is 0 Å². The fourth-order valence-electron chi connectivity index (χ4n) is 5.02. The summed E-state index contributed by atoms with van der Waals surface area (Å²) < 4.78 is 0. The van der Waals surface area contributed by atoms with Gasteiger partial charge in [0.15, 0.2) is 0 Å². The van der Waals surface area contributed by atoms with E-state index in [9.17, 15) is 4.79 Å². The highest BCUT2D eigenvalue weighted by Gasteiger charge is 2.37. The van der Waals surface area contributed by atoms with E-state index in [-0.39, 0.29) is 24.1 Å². The van der Waals surface area contributed by atoms with E-state index in [1.165, 1.54) is 32.1 Å². The Labute approximate surface area is 156 Å². The van der Waals surface area contributed by atoms with Crippen LogP contribution in [0.25, 0.3) is 0 Å². The molecule has 0 bridgehead atoms. The lowest BCUT2D eigenvalue weighted by molar-refractivity contribution is -0.125. The molecule has 148 valence electrons. The first-order chi connectivity index (χ1) is 12.8. The predicted molar refractivity (Wildman–Crippen MR) is 100 cm³/mol. The minimum absolute atomic E-state index is 0.0905. The normalized spacial score (nSPS) is 35.0. The molecule has 3 heterocycles. The van der Waals surface area contributed by atoms with E-state index in [4.69, 9.17) is 4.84 Å². The molecule has 0 aromatic heterocycles. The van der Waals surface area contributed by atoms with Crippen molar-refractivity contribution in [1.82, 2.24) is 26.5 Å². The Morgan fingerprint density at radius 1 is 1.12 bits per heavy atom. The Bertz CT molecular complexity index is 465. The summed E-state index contributed by atoms with van der Waals surface area (Å²) in [6, 6.07) is -0.00639. The number of nitrogens with one attached hydrogen (secondary N) is 4. The van der Waals surface area contributed by atoms with Crippen molar-refractivity contribution in [1.29, 1.82) is 0 Å². The third kappa shape index (κ3) is 4.75. The predicted octanol–water partition coefficient (Wildman–Crippen LogP) is 0.533. The van der Waals surface area contributed by atoms with Gasteiger partial charge in [0.1, 0.15) is 6.04 Å². The average Bonchev–Trinajstić information content (AvgIpc) is 3.33. The molecule has 26 heavy (non-hydrogen) atoms. The van der Waals surface area contributed by atoms with Gasteiger partial charge in [-0.15, -0.1) is 0 Å². The zero-order valence-corrected chi connectivity index (χ0v) is 15.8. The molecule has 1 saturated carbocycles. The minimum atomic E-state index is -0.206. The minimum Gasteiger partial charge on any atom is -0.349 e. The number of hydrazine groups is 1. The van der Waals surface area contributed by atoms with Crippen LogP contribution in [0.15, 0.2) is 0 Å². The van der Waals surface area contributed by atoms with E-state index in [0.29, 0.717) is 5.92 Å². The molecular formula is C19H35N5O2. The highest BCUT2D eigenvalue weighted by Crippen LogP contribution is 2.26. The maximum Gasteiger partial charge on any atom is 0.239 e. The quantitative estimate of drug-likeness (QED) is 0.570. The molecule has 3 aliphatic heterocycles. The molecule has 0 aromatic rings. The highest BCUT2D eigenvalue weighted by atomic mass is 16.7. The molecule has 4 aliphatic rings. The number of amides is 1. The van der Waals surface area contributed by atoms with Crippen LogP contribution in [0.3, 0.4) is 0 Å². The number of piperidine rings is 1. The number of rotatable bonds is 5. The summed E-state index contributed by atoms with van der Waals surface area (Å²) in [5.74, 6) is 1.48. The molecule has 3 unspecified atom stereocenters. The molecule has 7 nitrogen and oxygen atoms in total. The third-order valence-electron chi connectivity index (χ3n) is 6.61. The van der Waals surface area contributed by atoms with Crippen LogP contribution in [0, 0.1) is 11.8 Å². The van der Waals surface area contributed by atoms with Gasteiger partial charge in [-0.3, -0.25) is 15.1 Å². The molecular weight excluding hydrogens is 330 g/mol. The van der Waals surface area contributed by atoms with Gasteiger partial charge in [0.05, 0.1) is 12.1 Å². The SMILES string of the molecule is O=C(NC1CNN(CC2CCCCC2)C1)C1CC(C2CCNCC2)ON1. The average molecular weight is 366 g/mol. The molecule has 4 N–H and O–H groups in total. The summed E-state index contributed by atoms with van der Waals surface area (Å²) in [7, 11) is 0. The van der Waals surface area contributed by atoms with Crippen molar-refractivity contribution in [3.63, 3.8) is 0 Å². The number of hydrogen-bond donors (Lipinski definition) is 4. The molecule has 3 saturated heterocycles. The lowest BCUT2D eigenvalue weighted by Gasteiger charge is -2.26. The summed E-state index contributed by atoms with van der Waals surface area (Å²) >= 11 is 0. The summed E-state index contributed by atoms with van der Waals surface area (Å²) in [5, 5.41) is 8.92. The Morgan fingerprint density at radius 3 is 2.73 bits per heavy atom. The van der Waals surface area contributed by atoms with Crippen LogP contribution in [0.1, 0.15) is 51.4 Å². The maximum absolute atomic E-state index is 12.6. The van der Waals surface area contributed by atoms with Crippen LogP contribution in [0.5, 0.6) is 0 Å². The van der Waals surface area contributed by atoms with E-state index in [1.807, 2.05) is 0 Å². The first kappa shape index (κ1) is 18.6. The van der Waals surface area contributed by atoms with Gasteiger partial charge in [-0.1, -0.05) is 19.3 Å². The Morgan fingerprint density at radius 2 is 1.92 bits per heavy atom. The van der Waals surface area contributed by atoms with Crippen LogP contribution >= 0.6 is 0 Å². The van der Waals surface area contributed by atoms with E-state index >= 15 is 0 Å². The van der Waals surface area contributed by atoms with Crippen LogP contribution in [0.4, 0.5) is 0 Å². The smallest absolute Gasteiger partial charge is 0.239 e. The number of carbonyl (C=O) groups excluding carboxylic acids is 1. The monoisotopic (exact) mass is 365 g/mol. The zero-order valence-electron chi connectivity index (χ0n) is 15.8. The zero-order chi connectivity index (χ0) is 17.8. The highest BCUT2D eigenvalue weighted by molar-refractivity contribution is 5.82. The largest absolute Gasteiger partial charge is 0.349 e. The van der Waals surface area contributed by atoms with Crippen molar-refractivity contribution in [3.8, 4) is 0 Å². The molecule has 4 rings (SSSR count). The van der Waals surface area contributed by atoms with Crippen LogP contribution in [0.2, 0.25) is 0 Å². The molecule has 7 heteroatoms. The summed E-state index contributed by atoms with van der Waals surface area (Å²) in [6.07, 6.45) is 10.1. The third-order valence-corrected chi connectivity index (χ3v) is 6.61. The van der Waals surface area contributed by atoms with E-state index in [0.717, 1.165) is 57.9 Å². The molecule has 0 aromatic carbocycles. The van der Waals surface area contributed by atoms with Gasteiger partial charge in [0.2, 0.25) is 5.91 Å². The van der Waals surface area contributed by atoms with Crippen molar-refractivity contribution < 1.29 is 9.63 Å². The van der Waals surface area contributed by atoms with Gasteiger partial charge in [-0.25, -0.2) is 5.01 Å². The Hall–Kier alpha value is -0.730. The van der Waals surface area contributed by atoms with Gasteiger partial charge < -0.3 is 10.6 Å². The molecule has 0 radical (unpaired) electrons. The van der Waals surface area contributed by atoms with Crippen molar-refractivity contribution in [3.05, 3.63) is 0 Å². The van der Waals surface area contributed by atoms with Crippen molar-refractivity contribution in [2.75, 3.05) is 32.7 Å². The summed E-state index contributed by atoms with van der Waals surface area (Å²) in [4.78, 5) is 18.4. The molecule has 1 aliphatic carbocycles. The lowest BCUT2D eigenvalue weighted by Crippen LogP contribution is -2.47. The van der Waals surface area contributed by atoms with Crippen molar-refractivity contribution >= 4 is 5.91 Å². The topological polar surface area (TPSA) is 77.7 Å². The maximum atomic E-state index is 12.6. The Kier molecular flexibility index (Phi) is 6.43. The second kappa shape index (κ2) is 8.97. The molecule has 1 amide bonds. The van der Waals surface area contributed by atoms with Gasteiger partial charge in [0, 0.05) is 26.1 Å². The fourth-order valence-corrected chi connectivity index (χ4v) is 5.02. The van der Waals surface area contributed by atoms with Gasteiger partial charge in [0.25, 0.3) is 0 Å². The van der Waals surface area contributed by atoms with Gasteiger partial charge >= 0.3 is 0 Å². The molecule has 0 spiro atoms. The molecule has 3 atom stereocenters. The first-order valence-corrected chi connectivity index (χ1v) is 10.7. The number of nitrogens with zero attached hydrogens (tertiary/aromatic N) is 1. The fraction of sp³-hybridized carbons (Fsp3) is 0.947. The van der Waals surface area contributed by atoms with E-state index in [2.05, 4.69) is 26.5 Å². The van der Waals surface area contributed by atoms with Crippen LogP contribution < -0.4 is 21.5 Å². The molecule has 4 fully saturated rings. The van der Waals surface area contributed by atoms with Crippen molar-refractivity contribution in [2.24, 2.45) is 11.8 Å². The second-order valence-corrected chi connectivity index (χ2v) is 8.63. The lowest BCUT2D eigenvalue weighted by atomic mass is 9.89. The van der Waals surface area contributed by atoms with Crippen molar-refractivity contribution in [2.45, 2.75) is 69.6 Å². The van der Waals surface area contributed by atoms with Gasteiger partial charge in [-0.2, -0.15) is 5.48 Å². The van der Waals surface area contributed by atoms with Gasteiger partial charge in [-0.05, 0) is 50.6 Å². The van der Waals surface area contributed by atoms with E-state index in [1.54, 1.807) is 0 Å². The standard InChI is InChI=1S/C19H35N5O2/c25-19(17-10-18(26-23-17)15-6-8-20-9-7-15)22-16-11-21-24(13-16)12-14-4-2-1-3-5-14/h14-18,20-21,23H,1-13H2,(H,22,25). The Balaban J connectivity index is 1.18. The van der Waals surface area contributed by atoms with Crippen LogP contribution in [-0.4, -0.2) is 61.8 Å². The van der Waals surface area contributed by atoms with Crippen LogP contribution in [-0.2, 0) is 9.63 Å². The number of carbonyl (C=O) groups is 1. The summed E-state index contributed by atoms with van der Waals surface area (Å²) in [5.41, 5.74) is 6.46. The first-order valence-electron chi connectivity index (χ1n) is 10.7.